The predicted molar refractivity (Wildman–Crippen MR) is 244 cm³/mol. The summed E-state index contributed by atoms with van der Waals surface area (Å²) < 4.78 is 34.2. The number of hydrogen-bond donors (Lipinski definition) is 2. The third kappa shape index (κ3) is 42.8. The van der Waals surface area contributed by atoms with Gasteiger partial charge in [0.15, 0.2) is 6.10 Å². The van der Waals surface area contributed by atoms with Crippen LogP contribution in [0.4, 0.5) is 0 Å². The Labute approximate surface area is 358 Å². The summed E-state index contributed by atoms with van der Waals surface area (Å²) in [4.78, 5) is 35.4. The fourth-order valence-electron chi connectivity index (χ4n) is 5.12. The highest BCUT2D eigenvalue weighted by Crippen LogP contribution is 2.43. The number of hydrogen-bond acceptors (Lipinski definition) is 8. The van der Waals surface area contributed by atoms with Crippen molar-refractivity contribution in [2.45, 2.75) is 148 Å². The topological polar surface area (TPSA) is 129 Å². The first-order chi connectivity index (χ1) is 28.4. The lowest BCUT2D eigenvalue weighted by atomic mass is 10.1. The number of carbonyl (C=O) groups excluding carboxylic acids is 2. The molecule has 0 aliphatic heterocycles. The number of aliphatic hydroxyl groups is 1. The van der Waals surface area contributed by atoms with Crippen molar-refractivity contribution in [3.63, 3.8) is 0 Å². The van der Waals surface area contributed by atoms with Crippen LogP contribution in [0, 0.1) is 0 Å². The molecule has 11 heteroatoms. The van der Waals surface area contributed by atoms with Crippen molar-refractivity contribution in [1.29, 1.82) is 0 Å². The molecule has 0 radical (unpaired) electrons. The number of likely N-dealkylation sites (N-methyl/N-ethyl adjacent to an activating group) is 1. The minimum absolute atomic E-state index is 0.00642. The summed E-state index contributed by atoms with van der Waals surface area (Å²) in [5.41, 5.74) is 0. The summed E-state index contributed by atoms with van der Waals surface area (Å²) in [7, 11) is 1.39. The lowest BCUT2D eigenvalue weighted by Crippen LogP contribution is -2.37. The van der Waals surface area contributed by atoms with Crippen LogP contribution in [-0.4, -0.2) is 86.1 Å². The standard InChI is InChI=1S/C48H80NO9P/c1-6-8-9-10-11-12-13-14-15-16-17-22-25-28-31-34-37-40-48(52)58-46(44-57-59(53,54)56-42-41-49(3,4)5)43-55-47(51)39-36-33-30-27-24-21-19-18-20-23-26-29-32-35-38-45(50)7-2/h11-12,14-15,17,19-23,27,29-30,32,35,38,45-46,50H,6-10,13,16,18,24-26,28,31,33-34,36-37,39-44H2,1-5H3/p+1/b12-11-,15-14-,21-19-,22-17-,23-20-,30-27-,32-29-,38-35+/t45-,46+/m0/s1. The van der Waals surface area contributed by atoms with Crippen molar-refractivity contribution in [1.82, 2.24) is 0 Å². The van der Waals surface area contributed by atoms with Crippen molar-refractivity contribution in [3.8, 4) is 0 Å². The Morgan fingerprint density at radius 2 is 1.12 bits per heavy atom. The molecule has 10 nitrogen and oxygen atoms in total. The number of phosphoric ester groups is 1. The fourth-order valence-corrected chi connectivity index (χ4v) is 5.86. The number of esters is 2. The Balaban J connectivity index is 4.54. The number of allylic oxidation sites excluding steroid dienone is 15. The SMILES string of the molecule is CCCCC/C=C\C/C=C\C/C=C\CCCCCCC(=O)O[C@H](COC(=O)CCC/C=C\C/C=C\C/C=C\C/C=C\C=C\[C@@H](O)CC)COP(=O)(O)OCC[N+](C)(C)C. The predicted octanol–water partition coefficient (Wildman–Crippen LogP) is 11.5. The van der Waals surface area contributed by atoms with Crippen molar-refractivity contribution in [2.24, 2.45) is 0 Å². The highest BCUT2D eigenvalue weighted by Gasteiger charge is 2.27. The van der Waals surface area contributed by atoms with Crippen molar-refractivity contribution in [3.05, 3.63) is 97.2 Å². The molecule has 0 bridgehead atoms. The minimum atomic E-state index is -4.41. The van der Waals surface area contributed by atoms with Crippen molar-refractivity contribution >= 4 is 19.8 Å². The maximum atomic E-state index is 12.7. The molecule has 59 heavy (non-hydrogen) atoms. The van der Waals surface area contributed by atoms with Crippen LogP contribution in [0.5, 0.6) is 0 Å². The smallest absolute Gasteiger partial charge is 0.462 e. The first-order valence-corrected chi connectivity index (χ1v) is 23.6. The zero-order chi connectivity index (χ0) is 43.7. The van der Waals surface area contributed by atoms with Crippen LogP contribution >= 0.6 is 7.82 Å². The summed E-state index contributed by atoms with van der Waals surface area (Å²) in [5.74, 6) is -0.923. The summed E-state index contributed by atoms with van der Waals surface area (Å²) >= 11 is 0. The van der Waals surface area contributed by atoms with Crippen LogP contribution in [0.15, 0.2) is 97.2 Å². The third-order valence-electron chi connectivity index (χ3n) is 8.76. The largest absolute Gasteiger partial charge is 0.472 e. The molecule has 0 saturated carbocycles. The number of aliphatic hydroxyl groups excluding tert-OH is 1. The molecule has 2 N–H and O–H groups in total. The van der Waals surface area contributed by atoms with E-state index in [4.69, 9.17) is 18.5 Å². The highest BCUT2D eigenvalue weighted by atomic mass is 31.2. The summed E-state index contributed by atoms with van der Waals surface area (Å²) in [6, 6.07) is 0. The van der Waals surface area contributed by atoms with E-state index in [0.29, 0.717) is 36.7 Å². The van der Waals surface area contributed by atoms with Gasteiger partial charge in [0.2, 0.25) is 0 Å². The molecule has 0 heterocycles. The first-order valence-electron chi connectivity index (χ1n) is 22.1. The molecule has 0 aromatic heterocycles. The van der Waals surface area contributed by atoms with Crippen LogP contribution in [0.25, 0.3) is 0 Å². The number of nitrogens with zero attached hydrogens (tertiary/aromatic N) is 1. The van der Waals surface area contributed by atoms with Gasteiger partial charge in [-0.3, -0.25) is 18.6 Å². The molecule has 0 spiro atoms. The Bertz CT molecular complexity index is 1340. The summed E-state index contributed by atoms with van der Waals surface area (Å²) in [6.45, 7) is 3.93. The zero-order valence-corrected chi connectivity index (χ0v) is 38.2. The Hall–Kier alpha value is -3.11. The average molecular weight is 847 g/mol. The molecule has 0 aliphatic carbocycles. The molecule has 0 aromatic carbocycles. The minimum Gasteiger partial charge on any atom is -0.462 e. The number of quaternary nitrogens is 1. The van der Waals surface area contributed by atoms with E-state index < -0.39 is 32.5 Å². The molecule has 0 aliphatic rings. The van der Waals surface area contributed by atoms with Crippen molar-refractivity contribution < 1.29 is 47.2 Å². The van der Waals surface area contributed by atoms with E-state index in [9.17, 15) is 24.2 Å². The van der Waals surface area contributed by atoms with Gasteiger partial charge in [-0.1, -0.05) is 137 Å². The fraction of sp³-hybridized carbons (Fsp3) is 0.625. The normalized spacial score (nSPS) is 15.0. The van der Waals surface area contributed by atoms with Crippen LogP contribution in [0.1, 0.15) is 136 Å². The van der Waals surface area contributed by atoms with Gasteiger partial charge in [-0.25, -0.2) is 4.57 Å². The van der Waals surface area contributed by atoms with Gasteiger partial charge < -0.3 is 24.0 Å². The molecule has 336 valence electrons. The molecule has 0 amide bonds. The molecule has 0 fully saturated rings. The second kappa shape index (κ2) is 39.1. The molecule has 0 rings (SSSR count). The van der Waals surface area contributed by atoms with E-state index in [2.05, 4.69) is 73.8 Å². The molecular formula is C48H81NO9P+. The first kappa shape index (κ1) is 55.9. The maximum Gasteiger partial charge on any atom is 0.472 e. The Kier molecular flexibility index (Phi) is 37.0. The lowest BCUT2D eigenvalue weighted by Gasteiger charge is -2.24. The molecule has 0 saturated heterocycles. The third-order valence-corrected chi connectivity index (χ3v) is 9.74. The maximum absolute atomic E-state index is 12.7. The van der Waals surface area contributed by atoms with Gasteiger partial charge in [0.05, 0.1) is 33.9 Å². The van der Waals surface area contributed by atoms with Gasteiger partial charge in [0, 0.05) is 12.8 Å². The molecular weight excluding hydrogens is 766 g/mol. The zero-order valence-electron chi connectivity index (χ0n) is 37.3. The second-order valence-corrected chi connectivity index (χ2v) is 17.0. The molecule has 1 unspecified atom stereocenters. The van der Waals surface area contributed by atoms with E-state index in [1.54, 1.807) is 6.08 Å². The number of rotatable bonds is 38. The van der Waals surface area contributed by atoms with E-state index in [1.165, 1.54) is 25.7 Å². The quantitative estimate of drug-likeness (QED) is 0.0156. The van der Waals surface area contributed by atoms with Crippen LogP contribution in [-0.2, 0) is 32.7 Å². The van der Waals surface area contributed by atoms with Gasteiger partial charge in [-0.15, -0.1) is 0 Å². The van der Waals surface area contributed by atoms with E-state index >= 15 is 0 Å². The number of phosphoric acid groups is 1. The monoisotopic (exact) mass is 847 g/mol. The van der Waals surface area contributed by atoms with Gasteiger partial charge in [0.25, 0.3) is 0 Å². The Morgan fingerprint density at radius 1 is 0.610 bits per heavy atom. The summed E-state index contributed by atoms with van der Waals surface area (Å²) in [5, 5.41) is 9.48. The van der Waals surface area contributed by atoms with Gasteiger partial charge >= 0.3 is 19.8 Å². The highest BCUT2D eigenvalue weighted by molar-refractivity contribution is 7.47. The number of ether oxygens (including phenoxy) is 2. The second-order valence-electron chi connectivity index (χ2n) is 15.5. The van der Waals surface area contributed by atoms with Crippen LogP contribution in [0.3, 0.4) is 0 Å². The van der Waals surface area contributed by atoms with Crippen LogP contribution < -0.4 is 0 Å². The van der Waals surface area contributed by atoms with Gasteiger partial charge in [0.1, 0.15) is 19.8 Å². The molecule has 0 aromatic rings. The van der Waals surface area contributed by atoms with Gasteiger partial charge in [-0.05, 0) is 83.5 Å². The van der Waals surface area contributed by atoms with E-state index in [1.807, 2.05) is 52.4 Å². The number of unbranched alkanes of at least 4 members (excludes halogenated alkanes) is 8. The van der Waals surface area contributed by atoms with Crippen LogP contribution in [0.2, 0.25) is 0 Å². The van der Waals surface area contributed by atoms with Crippen molar-refractivity contribution in [2.75, 3.05) is 47.5 Å². The number of carbonyl (C=O) groups is 2. The van der Waals surface area contributed by atoms with E-state index in [0.717, 1.165) is 57.8 Å². The van der Waals surface area contributed by atoms with E-state index in [-0.39, 0.29) is 32.2 Å². The average Bonchev–Trinajstić information content (AvgIpc) is 3.19. The Morgan fingerprint density at radius 3 is 1.68 bits per heavy atom. The summed E-state index contributed by atoms with van der Waals surface area (Å²) in [6.07, 6.45) is 48.4. The van der Waals surface area contributed by atoms with Gasteiger partial charge in [-0.2, -0.15) is 0 Å². The lowest BCUT2D eigenvalue weighted by molar-refractivity contribution is -0.870. The molecule has 3 atom stereocenters.